The predicted molar refractivity (Wildman–Crippen MR) is 255 cm³/mol. The van der Waals surface area contributed by atoms with Gasteiger partial charge in [0.05, 0.1) is 0 Å². The summed E-state index contributed by atoms with van der Waals surface area (Å²) < 4.78 is 9.09. The van der Waals surface area contributed by atoms with Crippen molar-refractivity contribution in [1.29, 1.82) is 0 Å². The SMILES string of the molecule is CC1(C)c2ccccc2-c2cc(-c3cccc(N(c4ccc(-c5ccc6sc7ccccc7c6c5)cc4)c4ccc(-c5cccc6c5oc5ccccc56)cc4)c3)ccc21. The first-order valence-electron chi connectivity index (χ1n) is 20.7. The molecule has 0 bridgehead atoms. The maximum atomic E-state index is 6.45. The summed E-state index contributed by atoms with van der Waals surface area (Å²) in [5.41, 5.74) is 17.5. The Bertz CT molecular complexity index is 3460. The van der Waals surface area contributed by atoms with Gasteiger partial charge in [0.2, 0.25) is 0 Å². The van der Waals surface area contributed by atoms with Crippen molar-refractivity contribution in [3.8, 4) is 44.5 Å². The van der Waals surface area contributed by atoms with Crippen LogP contribution in [-0.4, -0.2) is 0 Å². The zero-order valence-corrected chi connectivity index (χ0v) is 34.1. The summed E-state index contributed by atoms with van der Waals surface area (Å²) in [5.74, 6) is 0. The van der Waals surface area contributed by atoms with E-state index in [9.17, 15) is 0 Å². The van der Waals surface area contributed by atoms with Crippen LogP contribution in [0.1, 0.15) is 25.0 Å². The molecule has 0 saturated carbocycles. The number of anilines is 3. The molecule has 11 aromatic rings. The van der Waals surface area contributed by atoms with Gasteiger partial charge >= 0.3 is 0 Å². The fraction of sp³-hybridized carbons (Fsp3) is 0.0526. The van der Waals surface area contributed by atoms with E-state index < -0.39 is 0 Å². The zero-order chi connectivity index (χ0) is 40.0. The molecule has 0 unspecified atom stereocenters. The van der Waals surface area contributed by atoms with Gasteiger partial charge in [0.15, 0.2) is 0 Å². The van der Waals surface area contributed by atoms with Crippen molar-refractivity contribution in [1.82, 2.24) is 0 Å². The number of furan rings is 1. The number of benzene rings is 9. The summed E-state index contributed by atoms with van der Waals surface area (Å²) in [6.07, 6.45) is 0. The molecule has 60 heavy (non-hydrogen) atoms. The van der Waals surface area contributed by atoms with Crippen molar-refractivity contribution in [2.24, 2.45) is 0 Å². The molecule has 2 nitrogen and oxygen atoms in total. The van der Waals surface area contributed by atoms with Crippen molar-refractivity contribution in [2.75, 3.05) is 4.90 Å². The summed E-state index contributed by atoms with van der Waals surface area (Å²) >= 11 is 1.86. The second kappa shape index (κ2) is 13.4. The van der Waals surface area contributed by atoms with Gasteiger partial charge in [-0.05, 0) is 117 Å². The van der Waals surface area contributed by atoms with Gasteiger partial charge < -0.3 is 9.32 Å². The van der Waals surface area contributed by atoms with E-state index in [-0.39, 0.29) is 5.41 Å². The Balaban J connectivity index is 0.958. The molecule has 284 valence electrons. The highest BCUT2D eigenvalue weighted by atomic mass is 32.1. The van der Waals surface area contributed by atoms with E-state index in [1.54, 1.807) is 0 Å². The van der Waals surface area contributed by atoms with E-state index in [4.69, 9.17) is 4.42 Å². The van der Waals surface area contributed by atoms with Crippen LogP contribution in [0.2, 0.25) is 0 Å². The first-order chi connectivity index (χ1) is 29.5. The van der Waals surface area contributed by atoms with E-state index in [1.807, 2.05) is 23.5 Å². The lowest BCUT2D eigenvalue weighted by Crippen LogP contribution is -2.14. The molecule has 0 amide bonds. The van der Waals surface area contributed by atoms with Crippen LogP contribution in [0.5, 0.6) is 0 Å². The topological polar surface area (TPSA) is 16.4 Å². The normalized spacial score (nSPS) is 13.0. The first-order valence-corrected chi connectivity index (χ1v) is 21.5. The number of rotatable bonds is 6. The molecule has 0 N–H and O–H groups in total. The molecule has 1 aliphatic carbocycles. The van der Waals surface area contributed by atoms with Crippen LogP contribution in [0.3, 0.4) is 0 Å². The summed E-state index contributed by atoms with van der Waals surface area (Å²) in [7, 11) is 0. The number of hydrogen-bond donors (Lipinski definition) is 0. The monoisotopic (exact) mass is 785 g/mol. The maximum Gasteiger partial charge on any atom is 0.143 e. The van der Waals surface area contributed by atoms with Gasteiger partial charge in [-0.3, -0.25) is 0 Å². The Hall–Kier alpha value is -7.20. The van der Waals surface area contributed by atoms with Gasteiger partial charge in [-0.2, -0.15) is 0 Å². The Morgan fingerprint density at radius 3 is 1.83 bits per heavy atom. The summed E-state index contributed by atoms with van der Waals surface area (Å²) in [4.78, 5) is 2.38. The molecule has 0 saturated heterocycles. The Labute approximate surface area is 353 Å². The lowest BCUT2D eigenvalue weighted by Gasteiger charge is -2.26. The molecule has 3 heteroatoms. The highest BCUT2D eigenvalue weighted by Crippen LogP contribution is 2.50. The number of fused-ring (bicyclic) bond motifs is 9. The third-order valence-electron chi connectivity index (χ3n) is 12.7. The van der Waals surface area contributed by atoms with E-state index in [2.05, 4.69) is 207 Å². The molecule has 0 fully saturated rings. The zero-order valence-electron chi connectivity index (χ0n) is 33.3. The molecular weight excluding hydrogens is 747 g/mol. The van der Waals surface area contributed by atoms with E-state index in [0.29, 0.717) is 0 Å². The fourth-order valence-corrected chi connectivity index (χ4v) is 10.7. The second-order valence-electron chi connectivity index (χ2n) is 16.5. The average Bonchev–Trinajstić information content (AvgIpc) is 3.94. The molecule has 0 aliphatic heterocycles. The van der Waals surface area contributed by atoms with Gasteiger partial charge in [-0.1, -0.05) is 147 Å². The summed E-state index contributed by atoms with van der Waals surface area (Å²) in [6.45, 7) is 4.68. The van der Waals surface area contributed by atoms with Crippen molar-refractivity contribution >= 4 is 70.5 Å². The second-order valence-corrected chi connectivity index (χ2v) is 17.6. The quantitative estimate of drug-likeness (QED) is 0.167. The van der Waals surface area contributed by atoms with Crippen LogP contribution in [0.25, 0.3) is 86.6 Å². The molecular formula is C57H39NOS. The van der Waals surface area contributed by atoms with Crippen molar-refractivity contribution in [2.45, 2.75) is 19.3 Å². The molecule has 2 aromatic heterocycles. The van der Waals surface area contributed by atoms with Crippen LogP contribution >= 0.6 is 11.3 Å². The van der Waals surface area contributed by atoms with E-state index >= 15 is 0 Å². The highest BCUT2D eigenvalue weighted by Gasteiger charge is 2.35. The highest BCUT2D eigenvalue weighted by molar-refractivity contribution is 7.25. The first kappa shape index (κ1) is 34.8. The molecule has 0 spiro atoms. The lowest BCUT2D eigenvalue weighted by molar-refractivity contribution is 0.660. The largest absolute Gasteiger partial charge is 0.455 e. The molecule has 0 atom stereocenters. The van der Waals surface area contributed by atoms with Gasteiger partial charge in [-0.15, -0.1) is 11.3 Å². The molecule has 2 heterocycles. The predicted octanol–water partition coefficient (Wildman–Crippen LogP) is 16.7. The molecule has 9 aromatic carbocycles. The van der Waals surface area contributed by atoms with Crippen LogP contribution in [0, 0.1) is 0 Å². The Morgan fingerprint density at radius 2 is 0.983 bits per heavy atom. The van der Waals surface area contributed by atoms with Gasteiger partial charge in [0, 0.05) is 59.0 Å². The number of nitrogens with zero attached hydrogens (tertiary/aromatic N) is 1. The smallest absolute Gasteiger partial charge is 0.143 e. The minimum absolute atomic E-state index is 0.0272. The van der Waals surface area contributed by atoms with Gasteiger partial charge in [0.1, 0.15) is 11.2 Å². The fourth-order valence-electron chi connectivity index (χ4n) is 9.64. The van der Waals surface area contributed by atoms with E-state index in [1.165, 1.54) is 64.7 Å². The summed E-state index contributed by atoms with van der Waals surface area (Å²) in [5, 5.41) is 4.90. The molecule has 0 radical (unpaired) electrons. The van der Waals surface area contributed by atoms with Gasteiger partial charge in [0.25, 0.3) is 0 Å². The van der Waals surface area contributed by atoms with Crippen LogP contribution < -0.4 is 4.90 Å². The standard InChI is InChI=1S/C57H39NOS/c1-57(2)51-18-6-3-13-45(51)49-34-40(25-31-52(49)57)38-11-9-12-43(33-38)58(41-27-21-36(22-28-41)39-26-32-55-50(35-39)47-15-5-8-20-54(47)60-55)42-29-23-37(24-30-42)44-16-10-17-48-46-14-4-7-19-53(46)59-56(44)48/h3-35H,1-2H3. The number of hydrogen-bond acceptors (Lipinski definition) is 3. The minimum atomic E-state index is -0.0272. The van der Waals surface area contributed by atoms with Crippen molar-refractivity contribution < 1.29 is 4.42 Å². The Kier molecular flexibility index (Phi) is 7.79. The average molecular weight is 786 g/mol. The summed E-state index contributed by atoms with van der Waals surface area (Å²) in [6, 6.07) is 73.2. The van der Waals surface area contributed by atoms with Crippen molar-refractivity contribution in [3.05, 3.63) is 211 Å². The van der Waals surface area contributed by atoms with Crippen molar-refractivity contribution in [3.63, 3.8) is 0 Å². The van der Waals surface area contributed by atoms with Crippen LogP contribution in [-0.2, 0) is 5.41 Å². The van der Waals surface area contributed by atoms with E-state index in [0.717, 1.165) is 50.1 Å². The minimum Gasteiger partial charge on any atom is -0.455 e. The molecule has 12 rings (SSSR count). The van der Waals surface area contributed by atoms with Gasteiger partial charge in [-0.25, -0.2) is 0 Å². The number of thiophene rings is 1. The maximum absolute atomic E-state index is 6.45. The number of para-hydroxylation sites is 2. The van der Waals surface area contributed by atoms with Crippen LogP contribution in [0.15, 0.2) is 205 Å². The van der Waals surface area contributed by atoms with Crippen LogP contribution in [0.4, 0.5) is 17.1 Å². The third-order valence-corrected chi connectivity index (χ3v) is 13.8. The lowest BCUT2D eigenvalue weighted by atomic mass is 9.82. The third kappa shape index (κ3) is 5.47. The molecule has 1 aliphatic rings. The Morgan fingerprint density at radius 1 is 0.383 bits per heavy atom.